The molecule has 1 heterocycles. The van der Waals surface area contributed by atoms with Crippen molar-refractivity contribution < 1.29 is 4.74 Å². The van der Waals surface area contributed by atoms with E-state index in [-0.39, 0.29) is 0 Å². The lowest BCUT2D eigenvalue weighted by Gasteiger charge is -2.13. The number of rotatable bonds is 0. The van der Waals surface area contributed by atoms with Crippen molar-refractivity contribution in [3.05, 3.63) is 23.6 Å². The van der Waals surface area contributed by atoms with Crippen LogP contribution < -0.4 is 5.32 Å². The van der Waals surface area contributed by atoms with Crippen LogP contribution in [-0.4, -0.2) is 13.2 Å². The lowest BCUT2D eigenvalue weighted by molar-refractivity contribution is 0.204. The van der Waals surface area contributed by atoms with Gasteiger partial charge in [-0.3, -0.25) is 0 Å². The fourth-order valence-electron chi connectivity index (χ4n) is 1.44. The molecule has 1 aliphatic carbocycles. The van der Waals surface area contributed by atoms with Crippen molar-refractivity contribution in [3.8, 4) is 0 Å². The Bertz CT molecular complexity index is 206. The normalized spacial score (nSPS) is 23.3. The van der Waals surface area contributed by atoms with Gasteiger partial charge in [0.05, 0.1) is 12.3 Å². The molecule has 1 aliphatic heterocycles. The largest absolute Gasteiger partial charge is 0.496 e. The maximum absolute atomic E-state index is 5.57. The van der Waals surface area contributed by atoms with Crippen LogP contribution in [0.1, 0.15) is 19.3 Å². The van der Waals surface area contributed by atoms with Gasteiger partial charge < -0.3 is 10.1 Å². The minimum absolute atomic E-state index is 0.875. The van der Waals surface area contributed by atoms with E-state index in [0.29, 0.717) is 0 Å². The molecule has 1 N–H and O–H groups in total. The van der Waals surface area contributed by atoms with Crippen molar-refractivity contribution in [2.45, 2.75) is 19.3 Å². The van der Waals surface area contributed by atoms with E-state index in [2.05, 4.69) is 17.5 Å². The molecule has 0 saturated heterocycles. The van der Waals surface area contributed by atoms with Gasteiger partial charge in [0.25, 0.3) is 0 Å². The van der Waals surface area contributed by atoms with Crippen LogP contribution in [-0.2, 0) is 4.74 Å². The van der Waals surface area contributed by atoms with Crippen LogP contribution in [0.15, 0.2) is 23.6 Å². The summed E-state index contributed by atoms with van der Waals surface area (Å²) in [5, 5.41) is 3.35. The molecule has 0 saturated carbocycles. The number of ether oxygens (including phenoxy) is 1. The van der Waals surface area contributed by atoms with Crippen LogP contribution in [0.2, 0.25) is 0 Å². The van der Waals surface area contributed by atoms with E-state index in [1.807, 2.05) is 0 Å². The zero-order valence-corrected chi connectivity index (χ0v) is 6.60. The van der Waals surface area contributed by atoms with E-state index in [9.17, 15) is 0 Å². The second kappa shape index (κ2) is 2.99. The van der Waals surface area contributed by atoms with Gasteiger partial charge in [-0.25, -0.2) is 0 Å². The van der Waals surface area contributed by atoms with Crippen LogP contribution in [0, 0.1) is 0 Å². The third-order valence-electron chi connectivity index (χ3n) is 2.04. The van der Waals surface area contributed by atoms with Crippen molar-refractivity contribution in [1.29, 1.82) is 0 Å². The third kappa shape index (κ3) is 1.39. The van der Waals surface area contributed by atoms with Gasteiger partial charge in [-0.15, -0.1) is 0 Å². The average molecular weight is 151 g/mol. The topological polar surface area (TPSA) is 21.3 Å². The quantitative estimate of drug-likeness (QED) is 0.567. The van der Waals surface area contributed by atoms with Gasteiger partial charge in [0, 0.05) is 13.0 Å². The molecule has 0 radical (unpaired) electrons. The number of nitrogens with one attached hydrogen (secondary N) is 1. The van der Waals surface area contributed by atoms with Crippen molar-refractivity contribution in [2.75, 3.05) is 13.2 Å². The summed E-state index contributed by atoms with van der Waals surface area (Å²) >= 11 is 0. The fraction of sp³-hybridized carbons (Fsp3) is 0.556. The van der Waals surface area contributed by atoms with Crippen molar-refractivity contribution >= 4 is 0 Å². The lowest BCUT2D eigenvalue weighted by Crippen LogP contribution is -2.14. The maximum Gasteiger partial charge on any atom is 0.119 e. The highest BCUT2D eigenvalue weighted by atomic mass is 16.5. The zero-order chi connectivity index (χ0) is 7.52. The molecule has 2 nitrogen and oxygen atoms in total. The summed E-state index contributed by atoms with van der Waals surface area (Å²) in [4.78, 5) is 0. The molecule has 60 valence electrons. The molecule has 0 aromatic rings. The number of hydrogen-bond donors (Lipinski definition) is 1. The Hall–Kier alpha value is -0.920. The summed E-state index contributed by atoms with van der Waals surface area (Å²) in [5.41, 5.74) is 1.20. The smallest absolute Gasteiger partial charge is 0.119 e. The van der Waals surface area contributed by atoms with Gasteiger partial charge in [-0.1, -0.05) is 6.08 Å². The predicted molar refractivity (Wildman–Crippen MR) is 44.0 cm³/mol. The second-order valence-electron chi connectivity index (χ2n) is 2.91. The van der Waals surface area contributed by atoms with Crippen LogP contribution in [0.5, 0.6) is 0 Å². The van der Waals surface area contributed by atoms with Crippen LogP contribution >= 0.6 is 0 Å². The summed E-state index contributed by atoms with van der Waals surface area (Å²) in [6.45, 7) is 1.92. The summed E-state index contributed by atoms with van der Waals surface area (Å²) in [5.74, 6) is 1.16. The highest BCUT2D eigenvalue weighted by molar-refractivity contribution is 5.25. The Labute approximate surface area is 66.9 Å². The van der Waals surface area contributed by atoms with Crippen molar-refractivity contribution in [1.82, 2.24) is 5.32 Å². The molecule has 0 aromatic heterocycles. The van der Waals surface area contributed by atoms with E-state index >= 15 is 0 Å². The SMILES string of the molecule is C1=CC2=C(CC1)OCCCN2. The predicted octanol–water partition coefficient (Wildman–Crippen LogP) is 1.56. The molecule has 0 aromatic carbocycles. The molecule has 2 rings (SSSR count). The van der Waals surface area contributed by atoms with Gasteiger partial charge in [-0.2, -0.15) is 0 Å². The van der Waals surface area contributed by atoms with E-state index in [4.69, 9.17) is 4.74 Å². The summed E-state index contributed by atoms with van der Waals surface area (Å²) in [6, 6.07) is 0. The van der Waals surface area contributed by atoms with Gasteiger partial charge in [0.1, 0.15) is 5.76 Å². The summed E-state index contributed by atoms with van der Waals surface area (Å²) in [6.07, 6.45) is 7.63. The minimum atomic E-state index is 0.875. The Morgan fingerprint density at radius 2 is 2.45 bits per heavy atom. The molecule has 0 amide bonds. The van der Waals surface area contributed by atoms with E-state index in [1.165, 1.54) is 5.70 Å². The van der Waals surface area contributed by atoms with E-state index < -0.39 is 0 Å². The molecular weight excluding hydrogens is 138 g/mol. The minimum Gasteiger partial charge on any atom is -0.496 e. The fourth-order valence-corrected chi connectivity index (χ4v) is 1.44. The number of allylic oxidation sites excluding steroid dienone is 3. The highest BCUT2D eigenvalue weighted by Crippen LogP contribution is 2.19. The Kier molecular flexibility index (Phi) is 1.84. The Morgan fingerprint density at radius 3 is 3.45 bits per heavy atom. The molecule has 2 heteroatoms. The van der Waals surface area contributed by atoms with Crippen molar-refractivity contribution in [3.63, 3.8) is 0 Å². The standard InChI is InChI=1S/C9H13NO/c1-2-5-9-8(4-1)10-6-3-7-11-9/h1,4,10H,2-3,5-7H2. The molecule has 0 fully saturated rings. The molecule has 0 unspecified atom stereocenters. The first-order valence-electron chi connectivity index (χ1n) is 4.23. The zero-order valence-electron chi connectivity index (χ0n) is 6.60. The monoisotopic (exact) mass is 151 g/mol. The first-order chi connectivity index (χ1) is 5.47. The first kappa shape index (κ1) is 6.77. The van der Waals surface area contributed by atoms with Gasteiger partial charge in [0.15, 0.2) is 0 Å². The van der Waals surface area contributed by atoms with Crippen LogP contribution in [0.3, 0.4) is 0 Å². The molecule has 0 spiro atoms. The second-order valence-corrected chi connectivity index (χ2v) is 2.91. The molecule has 0 bridgehead atoms. The lowest BCUT2D eigenvalue weighted by atomic mass is 10.1. The molecule has 11 heavy (non-hydrogen) atoms. The van der Waals surface area contributed by atoms with Gasteiger partial charge >= 0.3 is 0 Å². The third-order valence-corrected chi connectivity index (χ3v) is 2.04. The summed E-state index contributed by atoms with van der Waals surface area (Å²) in [7, 11) is 0. The van der Waals surface area contributed by atoms with Crippen LogP contribution in [0.4, 0.5) is 0 Å². The molecular formula is C9H13NO. The van der Waals surface area contributed by atoms with E-state index in [0.717, 1.165) is 38.2 Å². The Morgan fingerprint density at radius 1 is 1.45 bits per heavy atom. The molecule has 0 atom stereocenters. The van der Waals surface area contributed by atoms with Gasteiger partial charge in [-0.05, 0) is 18.9 Å². The van der Waals surface area contributed by atoms with Crippen molar-refractivity contribution in [2.24, 2.45) is 0 Å². The highest BCUT2D eigenvalue weighted by Gasteiger charge is 2.11. The molecule has 2 aliphatic rings. The van der Waals surface area contributed by atoms with Crippen LogP contribution in [0.25, 0.3) is 0 Å². The summed E-state index contributed by atoms with van der Waals surface area (Å²) < 4.78 is 5.57. The maximum atomic E-state index is 5.57. The van der Waals surface area contributed by atoms with E-state index in [1.54, 1.807) is 0 Å². The average Bonchev–Trinajstić information content (AvgIpc) is 2.28. The van der Waals surface area contributed by atoms with Gasteiger partial charge in [0.2, 0.25) is 0 Å². The Balaban J connectivity index is 2.17. The first-order valence-corrected chi connectivity index (χ1v) is 4.23. The number of hydrogen-bond acceptors (Lipinski definition) is 2.